The zero-order valence-electron chi connectivity index (χ0n) is 17.3. The fourth-order valence-corrected chi connectivity index (χ4v) is 10.1. The molecule has 0 atom stereocenters. The minimum absolute atomic E-state index is 0.601. The normalized spacial score (nSPS) is 12.4. The molecule has 0 spiro atoms. The highest BCUT2D eigenvalue weighted by molar-refractivity contribution is 9.10. The third-order valence-corrected chi connectivity index (χ3v) is 12.6. The van der Waals surface area contributed by atoms with Crippen molar-refractivity contribution in [3.8, 4) is 11.1 Å². The van der Waals surface area contributed by atoms with Gasteiger partial charge in [0.05, 0.1) is 6.61 Å². The van der Waals surface area contributed by atoms with Crippen LogP contribution in [0.25, 0.3) is 11.1 Å². The summed E-state index contributed by atoms with van der Waals surface area (Å²) in [5.74, 6) is 0. The van der Waals surface area contributed by atoms with E-state index in [0.717, 1.165) is 4.47 Å². The van der Waals surface area contributed by atoms with Gasteiger partial charge < -0.3 is 4.43 Å². The summed E-state index contributed by atoms with van der Waals surface area (Å²) in [6.45, 7) is 16.9. The fourth-order valence-electron chi connectivity index (χ4n) is 4.44. The van der Waals surface area contributed by atoms with Crippen molar-refractivity contribution in [1.82, 2.24) is 0 Å². The molecule has 0 amide bonds. The fraction of sp³-hybridized carbons (Fsp3) is 0.478. The van der Waals surface area contributed by atoms with Crippen LogP contribution < -0.4 is 0 Å². The lowest BCUT2D eigenvalue weighted by atomic mass is 9.99. The quantitative estimate of drug-likeness (QED) is 0.401. The Morgan fingerprint density at radius 1 is 0.885 bits per heavy atom. The van der Waals surface area contributed by atoms with Gasteiger partial charge in [-0.3, -0.25) is 0 Å². The van der Waals surface area contributed by atoms with Crippen molar-refractivity contribution in [2.24, 2.45) is 0 Å². The van der Waals surface area contributed by atoms with Gasteiger partial charge >= 0.3 is 0 Å². The third-order valence-electron chi connectivity index (χ3n) is 5.67. The van der Waals surface area contributed by atoms with Crippen LogP contribution in [0.4, 0.5) is 0 Å². The van der Waals surface area contributed by atoms with Crippen LogP contribution in [0.1, 0.15) is 52.7 Å². The van der Waals surface area contributed by atoms with Crippen LogP contribution >= 0.6 is 15.9 Å². The lowest BCUT2D eigenvalue weighted by Gasteiger charge is -2.42. The second-order valence-corrected chi connectivity index (χ2v) is 14.5. The first-order chi connectivity index (χ1) is 12.2. The monoisotopic (exact) mass is 432 g/mol. The highest BCUT2D eigenvalue weighted by Gasteiger charge is 2.45. The van der Waals surface area contributed by atoms with E-state index in [-0.39, 0.29) is 0 Å². The number of benzene rings is 2. The van der Waals surface area contributed by atoms with Gasteiger partial charge in [0.2, 0.25) is 8.32 Å². The summed E-state index contributed by atoms with van der Waals surface area (Å²) in [7, 11) is -1.86. The summed E-state index contributed by atoms with van der Waals surface area (Å²) in [6, 6.07) is 15.2. The molecule has 2 aromatic carbocycles. The van der Waals surface area contributed by atoms with Crippen molar-refractivity contribution in [1.29, 1.82) is 0 Å². The van der Waals surface area contributed by atoms with Crippen LogP contribution in [0, 0.1) is 6.92 Å². The molecule has 26 heavy (non-hydrogen) atoms. The summed E-state index contributed by atoms with van der Waals surface area (Å²) in [5.41, 5.74) is 6.89. The second kappa shape index (κ2) is 8.86. The number of aryl methyl sites for hydroxylation is 1. The van der Waals surface area contributed by atoms with Crippen LogP contribution in [0.15, 0.2) is 46.9 Å². The molecule has 2 rings (SSSR count). The van der Waals surface area contributed by atoms with Gasteiger partial charge in [-0.25, -0.2) is 0 Å². The maximum Gasteiger partial charge on any atom is 0.200 e. The SMILES string of the molecule is Cc1cc(-c2ccccc2CO[Si](C(C)C)(C(C)C)C(C)C)ccc1Br. The maximum absolute atomic E-state index is 6.85. The zero-order chi connectivity index (χ0) is 19.5. The van der Waals surface area contributed by atoms with Crippen LogP contribution in [0.3, 0.4) is 0 Å². The molecule has 142 valence electrons. The van der Waals surface area contributed by atoms with Crippen molar-refractivity contribution in [3.63, 3.8) is 0 Å². The molecule has 0 aliphatic carbocycles. The first-order valence-corrected chi connectivity index (χ1v) is 12.6. The van der Waals surface area contributed by atoms with Crippen LogP contribution in [0.2, 0.25) is 16.6 Å². The Morgan fingerprint density at radius 2 is 1.46 bits per heavy atom. The van der Waals surface area contributed by atoms with E-state index in [4.69, 9.17) is 4.43 Å². The Balaban J connectivity index is 2.37. The molecule has 2 aromatic rings. The first-order valence-electron chi connectivity index (χ1n) is 9.68. The van der Waals surface area contributed by atoms with E-state index in [0.29, 0.717) is 23.2 Å². The highest BCUT2D eigenvalue weighted by atomic mass is 79.9. The van der Waals surface area contributed by atoms with Crippen LogP contribution in [0.5, 0.6) is 0 Å². The molecule has 0 fully saturated rings. The van der Waals surface area contributed by atoms with Gasteiger partial charge in [0.15, 0.2) is 0 Å². The summed E-state index contributed by atoms with van der Waals surface area (Å²) >= 11 is 3.61. The third kappa shape index (κ3) is 4.32. The Morgan fingerprint density at radius 3 is 2.00 bits per heavy atom. The summed E-state index contributed by atoms with van der Waals surface area (Å²) in [5, 5.41) is 0. The molecular weight excluding hydrogens is 400 g/mol. The summed E-state index contributed by atoms with van der Waals surface area (Å²) < 4.78 is 8.00. The molecule has 0 radical (unpaired) electrons. The molecule has 0 heterocycles. The summed E-state index contributed by atoms with van der Waals surface area (Å²) in [4.78, 5) is 0. The average molecular weight is 434 g/mol. The molecule has 0 aliphatic rings. The minimum Gasteiger partial charge on any atom is -0.412 e. The van der Waals surface area contributed by atoms with E-state index in [1.165, 1.54) is 22.3 Å². The van der Waals surface area contributed by atoms with E-state index in [1.807, 2.05) is 0 Å². The molecule has 0 aliphatic heterocycles. The Bertz CT molecular complexity index is 715. The maximum atomic E-state index is 6.85. The predicted molar refractivity (Wildman–Crippen MR) is 120 cm³/mol. The van der Waals surface area contributed by atoms with Gasteiger partial charge in [-0.05, 0) is 51.9 Å². The molecular formula is C23H33BrOSi. The Hall–Kier alpha value is -0.903. The van der Waals surface area contributed by atoms with Gasteiger partial charge in [-0.1, -0.05) is 93.9 Å². The van der Waals surface area contributed by atoms with E-state index in [2.05, 4.69) is 107 Å². The van der Waals surface area contributed by atoms with E-state index in [9.17, 15) is 0 Å². The number of hydrogen-bond acceptors (Lipinski definition) is 1. The van der Waals surface area contributed by atoms with Gasteiger partial charge in [0.25, 0.3) is 0 Å². The lowest BCUT2D eigenvalue weighted by molar-refractivity contribution is 0.266. The number of hydrogen-bond donors (Lipinski definition) is 0. The van der Waals surface area contributed by atoms with Crippen molar-refractivity contribution < 1.29 is 4.43 Å². The van der Waals surface area contributed by atoms with E-state index in [1.54, 1.807) is 0 Å². The van der Waals surface area contributed by atoms with Crippen LogP contribution in [-0.4, -0.2) is 8.32 Å². The topological polar surface area (TPSA) is 9.23 Å². The van der Waals surface area contributed by atoms with Crippen molar-refractivity contribution in [2.75, 3.05) is 0 Å². The first kappa shape index (κ1) is 21.4. The zero-order valence-corrected chi connectivity index (χ0v) is 19.9. The molecule has 3 heteroatoms. The number of halogens is 1. The van der Waals surface area contributed by atoms with E-state index < -0.39 is 8.32 Å². The van der Waals surface area contributed by atoms with Crippen molar-refractivity contribution in [3.05, 3.63) is 58.1 Å². The molecule has 0 aromatic heterocycles. The van der Waals surface area contributed by atoms with Crippen LogP contribution in [-0.2, 0) is 11.0 Å². The molecule has 0 N–H and O–H groups in total. The second-order valence-electron chi connectivity index (χ2n) is 8.23. The smallest absolute Gasteiger partial charge is 0.200 e. The minimum atomic E-state index is -1.86. The molecule has 1 nitrogen and oxygen atoms in total. The highest BCUT2D eigenvalue weighted by Crippen LogP contribution is 2.43. The molecule has 0 saturated heterocycles. The predicted octanol–water partition coefficient (Wildman–Crippen LogP) is 8.12. The van der Waals surface area contributed by atoms with Crippen molar-refractivity contribution >= 4 is 24.2 Å². The molecule has 0 bridgehead atoms. The Labute approximate surface area is 169 Å². The molecule has 0 saturated carbocycles. The lowest BCUT2D eigenvalue weighted by Crippen LogP contribution is -2.47. The number of rotatable bonds is 7. The average Bonchev–Trinajstić information content (AvgIpc) is 2.57. The van der Waals surface area contributed by atoms with Gasteiger partial charge in [0, 0.05) is 4.47 Å². The van der Waals surface area contributed by atoms with Gasteiger partial charge in [-0.15, -0.1) is 0 Å². The van der Waals surface area contributed by atoms with Gasteiger partial charge in [0.1, 0.15) is 0 Å². The van der Waals surface area contributed by atoms with E-state index >= 15 is 0 Å². The largest absolute Gasteiger partial charge is 0.412 e. The Kier molecular flexibility index (Phi) is 7.29. The standard InChI is InChI=1S/C23H33BrOSi/c1-16(2)26(17(3)4,18(5)6)25-15-21-10-8-9-11-22(21)20-12-13-23(24)19(7)14-20/h8-14,16-18H,15H2,1-7H3. The van der Waals surface area contributed by atoms with Gasteiger partial charge in [-0.2, -0.15) is 0 Å². The molecule has 0 unspecified atom stereocenters. The summed E-state index contributed by atoms with van der Waals surface area (Å²) in [6.07, 6.45) is 0. The van der Waals surface area contributed by atoms with Crippen molar-refractivity contribution in [2.45, 2.75) is 71.7 Å².